The molecule has 3 nitrogen and oxygen atoms in total. The van der Waals surface area contributed by atoms with Gasteiger partial charge in [-0.2, -0.15) is 5.26 Å². The van der Waals surface area contributed by atoms with Crippen molar-refractivity contribution in [3.8, 4) is 11.8 Å². The number of methoxy groups -OCH3 is 1. The first kappa shape index (κ1) is 12.9. The lowest BCUT2D eigenvalue weighted by Gasteiger charge is -2.08. The zero-order chi connectivity index (χ0) is 13.7. The molecular formula is C15H13FN2O. The molecule has 2 aromatic rings. The topological polar surface area (TPSA) is 45.0 Å². The molecule has 0 atom stereocenters. The highest BCUT2D eigenvalue weighted by Gasteiger charge is 2.01. The van der Waals surface area contributed by atoms with Crippen LogP contribution in [0.1, 0.15) is 11.1 Å². The number of nitrogens with one attached hydrogen (secondary N) is 1. The van der Waals surface area contributed by atoms with Gasteiger partial charge >= 0.3 is 0 Å². The van der Waals surface area contributed by atoms with Crippen molar-refractivity contribution in [3.05, 3.63) is 59.4 Å². The molecule has 0 saturated heterocycles. The molecule has 0 fully saturated rings. The summed E-state index contributed by atoms with van der Waals surface area (Å²) in [5.41, 5.74) is 1.92. The minimum absolute atomic E-state index is 0.322. The molecule has 19 heavy (non-hydrogen) atoms. The zero-order valence-electron chi connectivity index (χ0n) is 10.5. The maximum absolute atomic E-state index is 13.3. The van der Waals surface area contributed by atoms with Gasteiger partial charge in [0.1, 0.15) is 11.6 Å². The van der Waals surface area contributed by atoms with Gasteiger partial charge in [-0.05, 0) is 35.9 Å². The summed E-state index contributed by atoms with van der Waals surface area (Å²) in [7, 11) is 1.60. The summed E-state index contributed by atoms with van der Waals surface area (Å²) in [6.45, 7) is 0.444. The van der Waals surface area contributed by atoms with Gasteiger partial charge in [-0.3, -0.25) is 0 Å². The number of ether oxygens (including phenoxy) is 1. The van der Waals surface area contributed by atoms with E-state index in [0.717, 1.165) is 17.0 Å². The second kappa shape index (κ2) is 5.87. The monoisotopic (exact) mass is 256 g/mol. The molecule has 2 aromatic carbocycles. The predicted molar refractivity (Wildman–Crippen MR) is 71.4 cm³/mol. The third-order valence-corrected chi connectivity index (χ3v) is 2.65. The molecular weight excluding hydrogens is 243 g/mol. The van der Waals surface area contributed by atoms with Crippen LogP contribution in [0.25, 0.3) is 0 Å². The Kier molecular flexibility index (Phi) is 3.99. The van der Waals surface area contributed by atoms with Crippen LogP contribution in [-0.4, -0.2) is 7.11 Å². The summed E-state index contributed by atoms with van der Waals surface area (Å²) in [6, 6.07) is 13.7. The van der Waals surface area contributed by atoms with Crippen molar-refractivity contribution in [3.63, 3.8) is 0 Å². The van der Waals surface area contributed by atoms with Gasteiger partial charge in [0, 0.05) is 18.3 Å². The summed E-state index contributed by atoms with van der Waals surface area (Å²) in [5, 5.41) is 11.9. The molecule has 0 unspecified atom stereocenters. The SMILES string of the molecule is COc1cccc(NCc2cc(F)cc(C#N)c2)c1. The average molecular weight is 256 g/mol. The van der Waals surface area contributed by atoms with Crippen molar-refractivity contribution >= 4 is 5.69 Å². The van der Waals surface area contributed by atoms with Crippen LogP contribution < -0.4 is 10.1 Å². The standard InChI is InChI=1S/C15H13FN2O/c1-19-15-4-2-3-14(8-15)18-10-12-5-11(9-17)6-13(16)7-12/h2-8,18H,10H2,1H3. The summed E-state index contributed by atoms with van der Waals surface area (Å²) in [4.78, 5) is 0. The first-order chi connectivity index (χ1) is 9.21. The Morgan fingerprint density at radius 1 is 1.26 bits per heavy atom. The second-order valence-corrected chi connectivity index (χ2v) is 4.05. The van der Waals surface area contributed by atoms with E-state index in [4.69, 9.17) is 10.00 Å². The lowest BCUT2D eigenvalue weighted by Crippen LogP contribution is -2.00. The van der Waals surface area contributed by atoms with E-state index in [1.54, 1.807) is 13.2 Å². The van der Waals surface area contributed by atoms with Gasteiger partial charge in [-0.25, -0.2) is 4.39 Å². The van der Waals surface area contributed by atoms with Crippen LogP contribution in [0, 0.1) is 17.1 Å². The molecule has 0 amide bonds. The second-order valence-electron chi connectivity index (χ2n) is 4.05. The Labute approximate surface area is 111 Å². The molecule has 0 aliphatic heterocycles. The molecule has 96 valence electrons. The fourth-order valence-corrected chi connectivity index (χ4v) is 1.75. The zero-order valence-corrected chi connectivity index (χ0v) is 10.5. The van der Waals surface area contributed by atoms with E-state index in [9.17, 15) is 4.39 Å². The highest BCUT2D eigenvalue weighted by atomic mass is 19.1. The Bertz CT molecular complexity index is 620. The fraction of sp³-hybridized carbons (Fsp3) is 0.133. The Morgan fingerprint density at radius 2 is 2.11 bits per heavy atom. The molecule has 0 aromatic heterocycles. The molecule has 1 N–H and O–H groups in total. The number of hydrogen-bond acceptors (Lipinski definition) is 3. The normalized spacial score (nSPS) is 9.74. The smallest absolute Gasteiger partial charge is 0.124 e. The number of rotatable bonds is 4. The summed E-state index contributed by atoms with van der Waals surface area (Å²) in [5.74, 6) is 0.350. The first-order valence-electron chi connectivity index (χ1n) is 5.79. The van der Waals surface area contributed by atoms with Crippen molar-refractivity contribution in [2.45, 2.75) is 6.54 Å². The maximum atomic E-state index is 13.3. The fourth-order valence-electron chi connectivity index (χ4n) is 1.75. The van der Waals surface area contributed by atoms with Gasteiger partial charge in [0.25, 0.3) is 0 Å². The molecule has 0 spiro atoms. The Balaban J connectivity index is 2.10. The number of benzene rings is 2. The molecule has 0 radical (unpaired) electrons. The number of nitrogens with zero attached hydrogens (tertiary/aromatic N) is 1. The summed E-state index contributed by atoms with van der Waals surface area (Å²) in [6.07, 6.45) is 0. The number of anilines is 1. The van der Waals surface area contributed by atoms with Crippen molar-refractivity contribution < 1.29 is 9.13 Å². The third-order valence-electron chi connectivity index (χ3n) is 2.65. The molecule has 0 aliphatic rings. The lowest BCUT2D eigenvalue weighted by molar-refractivity contribution is 0.415. The van der Waals surface area contributed by atoms with Crippen molar-refractivity contribution in [2.24, 2.45) is 0 Å². The Hall–Kier alpha value is -2.54. The van der Waals surface area contributed by atoms with Gasteiger partial charge in [0.15, 0.2) is 0 Å². The van der Waals surface area contributed by atoms with E-state index in [0.29, 0.717) is 12.1 Å². The summed E-state index contributed by atoms with van der Waals surface area (Å²) < 4.78 is 18.4. The highest BCUT2D eigenvalue weighted by molar-refractivity contribution is 5.48. The van der Waals surface area contributed by atoms with E-state index in [-0.39, 0.29) is 0 Å². The quantitative estimate of drug-likeness (QED) is 0.912. The van der Waals surface area contributed by atoms with E-state index >= 15 is 0 Å². The van der Waals surface area contributed by atoms with Crippen LogP contribution in [0.2, 0.25) is 0 Å². The summed E-state index contributed by atoms with van der Waals surface area (Å²) >= 11 is 0. The van der Waals surface area contributed by atoms with Crippen LogP contribution >= 0.6 is 0 Å². The Morgan fingerprint density at radius 3 is 2.84 bits per heavy atom. The average Bonchev–Trinajstić information content (AvgIpc) is 2.44. The molecule has 2 rings (SSSR count). The number of nitriles is 1. The van der Waals surface area contributed by atoms with Crippen LogP contribution in [0.4, 0.5) is 10.1 Å². The van der Waals surface area contributed by atoms with Crippen molar-refractivity contribution in [1.82, 2.24) is 0 Å². The van der Waals surface area contributed by atoms with Crippen molar-refractivity contribution in [1.29, 1.82) is 5.26 Å². The number of hydrogen-bond donors (Lipinski definition) is 1. The van der Waals surface area contributed by atoms with Gasteiger partial charge < -0.3 is 10.1 Å². The molecule has 0 saturated carbocycles. The minimum Gasteiger partial charge on any atom is -0.497 e. The van der Waals surface area contributed by atoms with E-state index in [2.05, 4.69) is 5.32 Å². The lowest BCUT2D eigenvalue weighted by atomic mass is 10.1. The maximum Gasteiger partial charge on any atom is 0.124 e. The number of halogens is 1. The van der Waals surface area contributed by atoms with E-state index in [1.165, 1.54) is 12.1 Å². The van der Waals surface area contributed by atoms with Crippen LogP contribution in [0.3, 0.4) is 0 Å². The van der Waals surface area contributed by atoms with Crippen LogP contribution in [0.5, 0.6) is 5.75 Å². The molecule has 0 heterocycles. The van der Waals surface area contributed by atoms with E-state index in [1.807, 2.05) is 30.3 Å². The molecule has 4 heteroatoms. The van der Waals surface area contributed by atoms with Gasteiger partial charge in [0.05, 0.1) is 18.7 Å². The third kappa shape index (κ3) is 3.46. The molecule has 0 aliphatic carbocycles. The highest BCUT2D eigenvalue weighted by Crippen LogP contribution is 2.18. The largest absolute Gasteiger partial charge is 0.497 e. The van der Waals surface area contributed by atoms with Crippen LogP contribution in [-0.2, 0) is 6.54 Å². The van der Waals surface area contributed by atoms with Gasteiger partial charge in [-0.15, -0.1) is 0 Å². The van der Waals surface area contributed by atoms with E-state index < -0.39 is 5.82 Å². The van der Waals surface area contributed by atoms with Crippen LogP contribution in [0.15, 0.2) is 42.5 Å². The van der Waals surface area contributed by atoms with Crippen molar-refractivity contribution in [2.75, 3.05) is 12.4 Å². The van der Waals surface area contributed by atoms with Gasteiger partial charge in [-0.1, -0.05) is 6.07 Å². The predicted octanol–water partition coefficient (Wildman–Crippen LogP) is 3.32. The minimum atomic E-state index is -0.401. The van der Waals surface area contributed by atoms with Gasteiger partial charge in [0.2, 0.25) is 0 Å². The molecule has 0 bridgehead atoms. The first-order valence-corrected chi connectivity index (χ1v) is 5.79.